The van der Waals surface area contributed by atoms with Crippen molar-refractivity contribution in [2.45, 2.75) is 62.9 Å². The van der Waals surface area contributed by atoms with E-state index in [1.54, 1.807) is 0 Å². The molecule has 4 aliphatic rings. The van der Waals surface area contributed by atoms with E-state index in [-0.39, 0.29) is 18.0 Å². The quantitative estimate of drug-likeness (QED) is 0.566. The first-order valence-electron chi connectivity index (χ1n) is 7.30. The lowest BCUT2D eigenvalue weighted by molar-refractivity contribution is -0.151. The predicted octanol–water partition coefficient (Wildman–Crippen LogP) is 1.66. The number of hydrogen-bond donors (Lipinski definition) is 0. The Balaban J connectivity index is 1.28. The van der Waals surface area contributed by atoms with Gasteiger partial charge in [0, 0.05) is 5.92 Å². The number of fused-ring (bicyclic) bond motifs is 2. The van der Waals surface area contributed by atoms with Crippen LogP contribution in [0.1, 0.15) is 38.5 Å². The molecule has 0 bridgehead atoms. The third-order valence-corrected chi connectivity index (χ3v) is 4.91. The zero-order valence-corrected chi connectivity index (χ0v) is 10.5. The summed E-state index contributed by atoms with van der Waals surface area (Å²) in [5, 5.41) is 0. The van der Waals surface area contributed by atoms with Crippen LogP contribution in [-0.2, 0) is 19.0 Å². The van der Waals surface area contributed by atoms with E-state index in [9.17, 15) is 4.79 Å². The largest absolute Gasteiger partial charge is 0.465 e. The number of rotatable bonds is 3. The van der Waals surface area contributed by atoms with Crippen LogP contribution in [0.5, 0.6) is 0 Å². The molecular weight excluding hydrogens is 232 g/mol. The zero-order valence-electron chi connectivity index (χ0n) is 10.5. The molecule has 2 aliphatic heterocycles. The Morgan fingerprint density at radius 2 is 1.72 bits per heavy atom. The second kappa shape index (κ2) is 4.20. The van der Waals surface area contributed by atoms with E-state index >= 15 is 0 Å². The normalized spacial score (nSPS) is 48.9. The van der Waals surface area contributed by atoms with Crippen molar-refractivity contribution in [3.63, 3.8) is 0 Å². The van der Waals surface area contributed by atoms with E-state index in [2.05, 4.69) is 0 Å². The Hall–Kier alpha value is -0.610. The molecular formula is C14H20O4. The Labute approximate surface area is 107 Å². The van der Waals surface area contributed by atoms with Gasteiger partial charge in [0.2, 0.25) is 0 Å². The fraction of sp³-hybridized carbons (Fsp3) is 0.929. The number of epoxide rings is 2. The number of esters is 1. The molecule has 6 atom stereocenters. The van der Waals surface area contributed by atoms with Crippen molar-refractivity contribution >= 4 is 5.97 Å². The van der Waals surface area contributed by atoms with Gasteiger partial charge in [0.1, 0.15) is 0 Å². The molecule has 2 heterocycles. The zero-order chi connectivity index (χ0) is 12.1. The summed E-state index contributed by atoms with van der Waals surface area (Å²) < 4.78 is 16.6. The van der Waals surface area contributed by atoms with Gasteiger partial charge in [-0.25, -0.2) is 0 Å². The molecule has 4 nitrogen and oxygen atoms in total. The molecule has 0 aromatic heterocycles. The number of ether oxygens (including phenoxy) is 3. The number of hydrogen-bond acceptors (Lipinski definition) is 4. The Morgan fingerprint density at radius 3 is 2.61 bits per heavy atom. The molecule has 18 heavy (non-hydrogen) atoms. The van der Waals surface area contributed by atoms with Gasteiger partial charge < -0.3 is 14.2 Å². The molecule has 0 aromatic rings. The van der Waals surface area contributed by atoms with E-state index < -0.39 is 0 Å². The standard InChI is InChI=1S/C14H20O4/c15-14(9-4-2-6-11-13(9)18-11)16-7-8-3-1-5-10-12(8)17-10/h8-13H,1-7H2. The van der Waals surface area contributed by atoms with Crippen molar-refractivity contribution in [3.8, 4) is 0 Å². The Bertz CT molecular complexity index is 356. The van der Waals surface area contributed by atoms with Gasteiger partial charge in [0.25, 0.3) is 0 Å². The highest BCUT2D eigenvalue weighted by atomic mass is 16.6. The van der Waals surface area contributed by atoms with Crippen molar-refractivity contribution < 1.29 is 19.0 Å². The van der Waals surface area contributed by atoms with E-state index in [4.69, 9.17) is 14.2 Å². The summed E-state index contributed by atoms with van der Waals surface area (Å²) >= 11 is 0. The van der Waals surface area contributed by atoms with Crippen molar-refractivity contribution in [1.82, 2.24) is 0 Å². The lowest BCUT2D eigenvalue weighted by Crippen LogP contribution is -2.30. The van der Waals surface area contributed by atoms with Gasteiger partial charge in [-0.15, -0.1) is 0 Å². The van der Waals surface area contributed by atoms with Crippen LogP contribution in [0.15, 0.2) is 0 Å². The summed E-state index contributed by atoms with van der Waals surface area (Å²) in [7, 11) is 0. The van der Waals surface area contributed by atoms with Crippen molar-refractivity contribution in [2.24, 2.45) is 11.8 Å². The van der Waals surface area contributed by atoms with Gasteiger partial charge in [-0.3, -0.25) is 4.79 Å². The van der Waals surface area contributed by atoms with Gasteiger partial charge in [0.05, 0.1) is 36.9 Å². The second-order valence-electron chi connectivity index (χ2n) is 6.14. The molecule has 4 rings (SSSR count). The summed E-state index contributed by atoms with van der Waals surface area (Å²) in [6.07, 6.45) is 8.05. The summed E-state index contributed by atoms with van der Waals surface area (Å²) in [5.41, 5.74) is 0. The maximum atomic E-state index is 12.1. The summed E-state index contributed by atoms with van der Waals surface area (Å²) in [6.45, 7) is 0.549. The minimum Gasteiger partial charge on any atom is -0.465 e. The molecule has 0 spiro atoms. The molecule has 100 valence electrons. The second-order valence-corrected chi connectivity index (χ2v) is 6.14. The van der Waals surface area contributed by atoms with E-state index in [0.717, 1.165) is 25.7 Å². The van der Waals surface area contributed by atoms with Gasteiger partial charge in [0.15, 0.2) is 0 Å². The third-order valence-electron chi connectivity index (χ3n) is 4.91. The molecule has 0 radical (unpaired) electrons. The first-order valence-corrected chi connectivity index (χ1v) is 7.30. The van der Waals surface area contributed by atoms with Gasteiger partial charge >= 0.3 is 5.97 Å². The highest BCUT2D eigenvalue weighted by Gasteiger charge is 2.51. The van der Waals surface area contributed by atoms with Crippen LogP contribution in [0.4, 0.5) is 0 Å². The average molecular weight is 252 g/mol. The molecule has 0 aromatic carbocycles. The SMILES string of the molecule is O=C(OCC1CCCC2OC12)C1CCCC2OC21. The highest BCUT2D eigenvalue weighted by Crippen LogP contribution is 2.42. The maximum absolute atomic E-state index is 12.1. The van der Waals surface area contributed by atoms with Crippen LogP contribution in [0.2, 0.25) is 0 Å². The topological polar surface area (TPSA) is 51.4 Å². The van der Waals surface area contributed by atoms with Crippen LogP contribution >= 0.6 is 0 Å². The Morgan fingerprint density at radius 1 is 1.00 bits per heavy atom. The van der Waals surface area contributed by atoms with Crippen molar-refractivity contribution in [1.29, 1.82) is 0 Å². The molecule has 2 saturated heterocycles. The van der Waals surface area contributed by atoms with Crippen LogP contribution in [0.25, 0.3) is 0 Å². The first kappa shape index (κ1) is 11.2. The minimum absolute atomic E-state index is 0.00302. The monoisotopic (exact) mass is 252 g/mol. The van der Waals surface area contributed by atoms with Crippen LogP contribution in [0, 0.1) is 11.8 Å². The maximum Gasteiger partial charge on any atom is 0.311 e. The van der Waals surface area contributed by atoms with E-state index in [1.807, 2.05) is 0 Å². The molecule has 0 amide bonds. The lowest BCUT2D eigenvalue weighted by Gasteiger charge is -2.21. The van der Waals surface area contributed by atoms with E-state index in [0.29, 0.717) is 30.8 Å². The third kappa shape index (κ3) is 1.95. The fourth-order valence-corrected chi connectivity index (χ4v) is 3.72. The summed E-state index contributed by atoms with van der Waals surface area (Å²) in [5.74, 6) is 0.403. The number of carbonyl (C=O) groups excluding carboxylic acids is 1. The minimum atomic E-state index is -0.0371. The summed E-state index contributed by atoms with van der Waals surface area (Å²) in [4.78, 5) is 12.1. The molecule has 2 aliphatic carbocycles. The highest BCUT2D eigenvalue weighted by molar-refractivity contribution is 5.74. The van der Waals surface area contributed by atoms with Crippen molar-refractivity contribution in [3.05, 3.63) is 0 Å². The molecule has 2 saturated carbocycles. The van der Waals surface area contributed by atoms with Crippen LogP contribution in [0.3, 0.4) is 0 Å². The fourth-order valence-electron chi connectivity index (χ4n) is 3.72. The number of carbonyl (C=O) groups is 1. The van der Waals surface area contributed by atoms with E-state index in [1.165, 1.54) is 12.8 Å². The van der Waals surface area contributed by atoms with Crippen LogP contribution < -0.4 is 0 Å². The Kier molecular flexibility index (Phi) is 2.62. The van der Waals surface area contributed by atoms with Gasteiger partial charge in [-0.05, 0) is 32.1 Å². The van der Waals surface area contributed by atoms with Crippen LogP contribution in [-0.4, -0.2) is 37.0 Å². The van der Waals surface area contributed by atoms with Crippen molar-refractivity contribution in [2.75, 3.05) is 6.61 Å². The molecule has 4 fully saturated rings. The van der Waals surface area contributed by atoms with Gasteiger partial charge in [-0.2, -0.15) is 0 Å². The average Bonchev–Trinajstić information content (AvgIpc) is 3.26. The van der Waals surface area contributed by atoms with Gasteiger partial charge in [-0.1, -0.05) is 6.42 Å². The molecule has 6 unspecified atom stereocenters. The lowest BCUT2D eigenvalue weighted by atomic mass is 9.88. The first-order chi connectivity index (χ1) is 8.83. The smallest absolute Gasteiger partial charge is 0.311 e. The predicted molar refractivity (Wildman–Crippen MR) is 63.0 cm³/mol. The summed E-state index contributed by atoms with van der Waals surface area (Å²) in [6, 6.07) is 0. The molecule has 0 N–H and O–H groups in total. The molecule has 4 heteroatoms.